The fraction of sp³-hybridized carbons (Fsp3) is 0.800. The van der Waals surface area contributed by atoms with Crippen molar-refractivity contribution in [2.24, 2.45) is 5.41 Å². The molecule has 1 aliphatic carbocycles. The highest BCUT2D eigenvalue weighted by atomic mass is 15.3. The topological polar surface area (TPSA) is 29.9 Å². The Bertz CT molecular complexity index is 406. The third-order valence-corrected chi connectivity index (χ3v) is 4.18. The van der Waals surface area contributed by atoms with E-state index in [2.05, 4.69) is 50.7 Å². The number of hydrogen-bond donors (Lipinski definition) is 1. The molecule has 1 aromatic rings. The van der Waals surface area contributed by atoms with E-state index in [9.17, 15) is 0 Å². The second-order valence-corrected chi connectivity index (χ2v) is 6.51. The lowest BCUT2D eigenvalue weighted by atomic mass is 9.73. The molecular formula is C15H27N3. The van der Waals surface area contributed by atoms with Gasteiger partial charge in [-0.3, -0.25) is 4.68 Å². The molecule has 2 rings (SSSR count). The van der Waals surface area contributed by atoms with E-state index in [0.717, 1.165) is 12.2 Å². The summed E-state index contributed by atoms with van der Waals surface area (Å²) in [6.45, 7) is 12.3. The summed E-state index contributed by atoms with van der Waals surface area (Å²) in [5.41, 5.74) is 2.85. The van der Waals surface area contributed by atoms with Crippen molar-refractivity contribution in [3.8, 4) is 0 Å². The fourth-order valence-corrected chi connectivity index (χ4v) is 3.29. The molecule has 1 saturated carbocycles. The Hall–Kier alpha value is -0.830. The van der Waals surface area contributed by atoms with E-state index < -0.39 is 0 Å². The quantitative estimate of drug-likeness (QED) is 0.891. The smallest absolute Gasteiger partial charge is 0.0680 e. The fourth-order valence-electron chi connectivity index (χ4n) is 3.29. The Morgan fingerprint density at radius 3 is 2.72 bits per heavy atom. The lowest BCUT2D eigenvalue weighted by Crippen LogP contribution is -2.44. The molecule has 3 heteroatoms. The number of likely N-dealkylation sites (N-methyl/N-ethyl adjacent to an activating group) is 1. The molecule has 0 amide bonds. The van der Waals surface area contributed by atoms with Crippen LogP contribution in [0.1, 0.15) is 57.5 Å². The second-order valence-electron chi connectivity index (χ2n) is 6.51. The molecule has 0 spiro atoms. The van der Waals surface area contributed by atoms with Crippen LogP contribution in [0.15, 0.2) is 6.07 Å². The largest absolute Gasteiger partial charge is 0.312 e. The van der Waals surface area contributed by atoms with Gasteiger partial charge < -0.3 is 5.32 Å². The van der Waals surface area contributed by atoms with Crippen LogP contribution in [-0.4, -0.2) is 22.4 Å². The van der Waals surface area contributed by atoms with Crippen molar-refractivity contribution in [1.29, 1.82) is 0 Å². The average molecular weight is 249 g/mol. The first-order valence-corrected chi connectivity index (χ1v) is 7.19. The maximum absolute atomic E-state index is 4.71. The summed E-state index contributed by atoms with van der Waals surface area (Å²) < 4.78 is 2.25. The third kappa shape index (κ3) is 2.77. The minimum absolute atomic E-state index is 0.433. The van der Waals surface area contributed by atoms with E-state index in [4.69, 9.17) is 5.10 Å². The maximum Gasteiger partial charge on any atom is 0.0680 e. The average Bonchev–Trinajstić information content (AvgIpc) is 2.60. The molecular weight excluding hydrogens is 222 g/mol. The van der Waals surface area contributed by atoms with Crippen LogP contribution in [0.25, 0.3) is 0 Å². The van der Waals surface area contributed by atoms with Gasteiger partial charge in [0, 0.05) is 11.7 Å². The lowest BCUT2D eigenvalue weighted by Gasteiger charge is -2.41. The Labute approximate surface area is 111 Å². The van der Waals surface area contributed by atoms with Crippen LogP contribution >= 0.6 is 0 Å². The van der Waals surface area contributed by atoms with Crippen LogP contribution in [0.4, 0.5) is 0 Å². The lowest BCUT2D eigenvalue weighted by molar-refractivity contribution is 0.134. The van der Waals surface area contributed by atoms with Gasteiger partial charge in [-0.15, -0.1) is 0 Å². The van der Waals surface area contributed by atoms with E-state index in [1.807, 2.05) is 0 Å². The van der Waals surface area contributed by atoms with Crippen LogP contribution < -0.4 is 5.32 Å². The number of nitrogens with one attached hydrogen (secondary N) is 1. The Balaban J connectivity index is 2.27. The number of aromatic nitrogens is 2. The first-order valence-electron chi connectivity index (χ1n) is 7.19. The zero-order valence-corrected chi connectivity index (χ0v) is 12.5. The van der Waals surface area contributed by atoms with E-state index in [1.165, 1.54) is 25.0 Å². The van der Waals surface area contributed by atoms with Crippen LogP contribution in [-0.2, 0) is 0 Å². The predicted octanol–water partition coefficient (Wildman–Crippen LogP) is 3.23. The molecule has 1 fully saturated rings. The highest BCUT2D eigenvalue weighted by Gasteiger charge is 2.36. The monoisotopic (exact) mass is 249 g/mol. The van der Waals surface area contributed by atoms with Crippen LogP contribution in [0.5, 0.6) is 0 Å². The Morgan fingerprint density at radius 1 is 1.44 bits per heavy atom. The standard InChI is InChI=1S/C15H27N3/c1-6-16-13-7-8-15(4,5)10-14(13)18-12(3)9-11(2)17-18/h9,13-14,16H,6-8,10H2,1-5H3. The van der Waals surface area contributed by atoms with Gasteiger partial charge in [0.1, 0.15) is 0 Å². The molecule has 0 radical (unpaired) electrons. The van der Waals surface area contributed by atoms with Gasteiger partial charge in [0.05, 0.1) is 11.7 Å². The van der Waals surface area contributed by atoms with Crippen LogP contribution in [0.3, 0.4) is 0 Å². The minimum atomic E-state index is 0.433. The van der Waals surface area contributed by atoms with Gasteiger partial charge in [0.25, 0.3) is 0 Å². The van der Waals surface area contributed by atoms with Gasteiger partial charge in [0.2, 0.25) is 0 Å². The zero-order valence-electron chi connectivity index (χ0n) is 12.5. The molecule has 0 aromatic carbocycles. The van der Waals surface area contributed by atoms with Crippen LogP contribution in [0, 0.1) is 19.3 Å². The Morgan fingerprint density at radius 2 is 2.17 bits per heavy atom. The number of rotatable bonds is 3. The minimum Gasteiger partial charge on any atom is -0.312 e. The molecule has 3 nitrogen and oxygen atoms in total. The van der Waals surface area contributed by atoms with E-state index >= 15 is 0 Å². The third-order valence-electron chi connectivity index (χ3n) is 4.18. The van der Waals surface area contributed by atoms with Crippen molar-refractivity contribution in [2.75, 3.05) is 6.54 Å². The number of aryl methyl sites for hydroxylation is 2. The SMILES string of the molecule is CCNC1CCC(C)(C)CC1n1nc(C)cc1C. The normalized spacial score (nSPS) is 27.4. The molecule has 18 heavy (non-hydrogen) atoms. The number of nitrogens with zero attached hydrogens (tertiary/aromatic N) is 2. The molecule has 0 aliphatic heterocycles. The number of hydrogen-bond acceptors (Lipinski definition) is 2. The summed E-state index contributed by atoms with van der Waals surface area (Å²) in [6, 6.07) is 3.26. The van der Waals surface area contributed by atoms with Gasteiger partial charge in [-0.25, -0.2) is 0 Å². The molecule has 0 bridgehead atoms. The summed E-state index contributed by atoms with van der Waals surface area (Å²) in [5, 5.41) is 8.36. The van der Waals surface area contributed by atoms with E-state index in [-0.39, 0.29) is 0 Å². The van der Waals surface area contributed by atoms with Gasteiger partial charge in [-0.1, -0.05) is 20.8 Å². The van der Waals surface area contributed by atoms with E-state index in [0.29, 0.717) is 17.5 Å². The molecule has 1 aromatic heterocycles. The second kappa shape index (κ2) is 5.04. The van der Waals surface area contributed by atoms with Crippen molar-refractivity contribution < 1.29 is 0 Å². The Kier molecular flexibility index (Phi) is 3.81. The first kappa shape index (κ1) is 13.6. The molecule has 1 aliphatic rings. The van der Waals surface area contributed by atoms with Crippen molar-refractivity contribution in [1.82, 2.24) is 15.1 Å². The molecule has 1 heterocycles. The summed E-state index contributed by atoms with van der Waals surface area (Å²) in [6.07, 6.45) is 3.77. The summed E-state index contributed by atoms with van der Waals surface area (Å²) in [7, 11) is 0. The molecule has 2 atom stereocenters. The maximum atomic E-state index is 4.71. The van der Waals surface area contributed by atoms with Crippen LogP contribution in [0.2, 0.25) is 0 Å². The highest BCUT2D eigenvalue weighted by molar-refractivity contribution is 5.09. The zero-order chi connectivity index (χ0) is 13.3. The van der Waals surface area contributed by atoms with Gasteiger partial charge in [-0.05, 0) is 51.1 Å². The van der Waals surface area contributed by atoms with Crippen molar-refractivity contribution in [3.63, 3.8) is 0 Å². The first-order chi connectivity index (χ1) is 8.43. The molecule has 1 N–H and O–H groups in total. The molecule has 0 saturated heterocycles. The van der Waals surface area contributed by atoms with Gasteiger partial charge in [-0.2, -0.15) is 5.10 Å². The van der Waals surface area contributed by atoms with Crippen molar-refractivity contribution in [2.45, 2.75) is 66.0 Å². The van der Waals surface area contributed by atoms with E-state index in [1.54, 1.807) is 0 Å². The summed E-state index contributed by atoms with van der Waals surface area (Å²) in [5.74, 6) is 0. The highest BCUT2D eigenvalue weighted by Crippen LogP contribution is 2.41. The van der Waals surface area contributed by atoms with Gasteiger partial charge >= 0.3 is 0 Å². The molecule has 102 valence electrons. The van der Waals surface area contributed by atoms with Gasteiger partial charge in [0.15, 0.2) is 0 Å². The van der Waals surface area contributed by atoms with Crippen molar-refractivity contribution >= 4 is 0 Å². The van der Waals surface area contributed by atoms with Crippen molar-refractivity contribution in [3.05, 3.63) is 17.5 Å². The summed E-state index contributed by atoms with van der Waals surface area (Å²) >= 11 is 0. The summed E-state index contributed by atoms with van der Waals surface area (Å²) in [4.78, 5) is 0. The molecule has 2 unspecified atom stereocenters. The predicted molar refractivity (Wildman–Crippen MR) is 75.8 cm³/mol.